The Bertz CT molecular complexity index is 1180. The van der Waals surface area contributed by atoms with Crippen LogP contribution in [0.15, 0.2) is 89.1 Å². The van der Waals surface area contributed by atoms with Gasteiger partial charge in [0, 0.05) is 23.8 Å². The van der Waals surface area contributed by atoms with Crippen LogP contribution in [0.3, 0.4) is 0 Å². The van der Waals surface area contributed by atoms with Crippen LogP contribution in [0.1, 0.15) is 27.8 Å². The molecule has 1 unspecified atom stereocenters. The van der Waals surface area contributed by atoms with Gasteiger partial charge >= 0.3 is 0 Å². The molecule has 0 aliphatic carbocycles. The molecule has 34 heavy (non-hydrogen) atoms. The monoisotopic (exact) mass is 475 g/mol. The number of thiophene rings is 1. The van der Waals surface area contributed by atoms with Crippen molar-refractivity contribution >= 4 is 23.2 Å². The highest BCUT2D eigenvalue weighted by Crippen LogP contribution is 2.25. The number of nitrogens with zero attached hydrogens (tertiary/aromatic N) is 2. The molecule has 4 rings (SSSR count). The molecule has 7 nitrogen and oxygen atoms in total. The highest BCUT2D eigenvalue weighted by atomic mass is 32.1. The quantitative estimate of drug-likeness (QED) is 0.368. The summed E-state index contributed by atoms with van der Waals surface area (Å²) in [7, 11) is 1.61. The number of pyridine rings is 1. The summed E-state index contributed by atoms with van der Waals surface area (Å²) in [5, 5.41) is 4.92. The van der Waals surface area contributed by atoms with Gasteiger partial charge in [0.15, 0.2) is 0 Å². The zero-order valence-corrected chi connectivity index (χ0v) is 19.5. The van der Waals surface area contributed by atoms with Crippen molar-refractivity contribution in [2.24, 2.45) is 0 Å². The molecular weight excluding hydrogens is 450 g/mol. The van der Waals surface area contributed by atoms with Gasteiger partial charge in [-0.25, -0.2) is 0 Å². The number of carbonyl (C=O) groups excluding carboxylic acids is 2. The first-order valence-electron chi connectivity index (χ1n) is 10.8. The first-order valence-corrected chi connectivity index (χ1v) is 11.7. The second kappa shape index (κ2) is 11.3. The predicted octanol–water partition coefficient (Wildman–Crippen LogP) is 4.37. The minimum Gasteiger partial charge on any atom is -0.497 e. The molecule has 1 aromatic carbocycles. The lowest BCUT2D eigenvalue weighted by atomic mass is 10.0. The maximum atomic E-state index is 13.5. The van der Waals surface area contributed by atoms with Crippen molar-refractivity contribution in [1.29, 1.82) is 0 Å². The molecule has 0 radical (unpaired) electrons. The van der Waals surface area contributed by atoms with E-state index in [0.717, 1.165) is 16.2 Å². The Balaban J connectivity index is 1.61. The SMILES string of the molecule is COc1ccc(CNC(=O)C(c2ccncc2)N(Cc2ccco2)C(=O)Cc2cccs2)cc1. The molecule has 1 atom stereocenters. The molecule has 8 heteroatoms. The number of ether oxygens (including phenoxy) is 1. The summed E-state index contributed by atoms with van der Waals surface area (Å²) in [5.74, 6) is 0.892. The number of benzene rings is 1. The van der Waals surface area contributed by atoms with Gasteiger partial charge in [-0.1, -0.05) is 18.2 Å². The van der Waals surface area contributed by atoms with E-state index in [1.807, 2.05) is 41.8 Å². The zero-order chi connectivity index (χ0) is 23.8. The standard InChI is InChI=1S/C26H25N3O4S/c1-32-21-8-6-19(7-9-21)17-28-26(31)25(20-10-12-27-13-11-20)29(18-22-4-2-14-33-22)24(30)16-23-5-3-15-34-23/h2-15,25H,16-18H2,1H3,(H,28,31). The van der Waals surface area contributed by atoms with Gasteiger partial charge in [0.25, 0.3) is 0 Å². The molecule has 174 valence electrons. The van der Waals surface area contributed by atoms with Crippen molar-refractivity contribution in [3.8, 4) is 5.75 Å². The summed E-state index contributed by atoms with van der Waals surface area (Å²) in [4.78, 5) is 33.6. The molecule has 0 spiro atoms. The van der Waals surface area contributed by atoms with Gasteiger partial charge in [0.05, 0.1) is 26.3 Å². The van der Waals surface area contributed by atoms with Gasteiger partial charge < -0.3 is 19.4 Å². The van der Waals surface area contributed by atoms with E-state index < -0.39 is 6.04 Å². The molecular formula is C26H25N3O4S. The summed E-state index contributed by atoms with van der Waals surface area (Å²) < 4.78 is 10.7. The summed E-state index contributed by atoms with van der Waals surface area (Å²) >= 11 is 1.51. The fraction of sp³-hybridized carbons (Fsp3) is 0.192. The fourth-order valence-corrected chi connectivity index (χ4v) is 4.30. The van der Waals surface area contributed by atoms with Crippen molar-refractivity contribution in [2.75, 3.05) is 7.11 Å². The number of furan rings is 1. The maximum Gasteiger partial charge on any atom is 0.247 e. The van der Waals surface area contributed by atoms with Gasteiger partial charge in [-0.2, -0.15) is 0 Å². The number of nitrogens with one attached hydrogen (secondary N) is 1. The topological polar surface area (TPSA) is 84.7 Å². The van der Waals surface area contributed by atoms with Gasteiger partial charge in [-0.15, -0.1) is 11.3 Å². The third-order valence-electron chi connectivity index (χ3n) is 5.34. The highest BCUT2D eigenvalue weighted by molar-refractivity contribution is 7.10. The molecule has 1 N–H and O–H groups in total. The molecule has 0 saturated carbocycles. The number of hydrogen-bond acceptors (Lipinski definition) is 6. The summed E-state index contributed by atoms with van der Waals surface area (Å²) in [5.41, 5.74) is 1.60. The summed E-state index contributed by atoms with van der Waals surface area (Å²) in [6.07, 6.45) is 5.00. The average molecular weight is 476 g/mol. The minimum absolute atomic E-state index is 0.166. The molecule has 0 aliphatic rings. The van der Waals surface area contributed by atoms with E-state index in [0.29, 0.717) is 17.9 Å². The molecule has 0 saturated heterocycles. The minimum atomic E-state index is -0.848. The lowest BCUT2D eigenvalue weighted by molar-refractivity contribution is -0.141. The van der Waals surface area contributed by atoms with Gasteiger partial charge in [-0.05, 0) is 59.0 Å². The van der Waals surface area contributed by atoms with Crippen LogP contribution >= 0.6 is 11.3 Å². The summed E-state index contributed by atoms with van der Waals surface area (Å²) in [6.45, 7) is 0.484. The molecule has 3 aromatic heterocycles. The van der Waals surface area contributed by atoms with Gasteiger partial charge in [0.2, 0.25) is 11.8 Å². The van der Waals surface area contributed by atoms with Crippen molar-refractivity contribution < 1.29 is 18.7 Å². The molecule has 0 fully saturated rings. The third kappa shape index (κ3) is 5.90. The second-order valence-corrected chi connectivity index (χ2v) is 8.64. The Kier molecular flexibility index (Phi) is 7.72. The van der Waals surface area contributed by atoms with Crippen LogP contribution in [0, 0.1) is 0 Å². The van der Waals surface area contributed by atoms with Crippen LogP contribution in [0.5, 0.6) is 5.75 Å². The van der Waals surface area contributed by atoms with E-state index in [-0.39, 0.29) is 24.8 Å². The van der Waals surface area contributed by atoms with E-state index in [1.54, 1.807) is 54.9 Å². The van der Waals surface area contributed by atoms with E-state index in [1.165, 1.54) is 11.3 Å². The second-order valence-electron chi connectivity index (χ2n) is 7.61. The number of amides is 2. The van der Waals surface area contributed by atoms with E-state index in [2.05, 4.69) is 10.3 Å². The van der Waals surface area contributed by atoms with Crippen LogP contribution in [0.4, 0.5) is 0 Å². The maximum absolute atomic E-state index is 13.5. The Hall–Kier alpha value is -3.91. The zero-order valence-electron chi connectivity index (χ0n) is 18.7. The summed E-state index contributed by atoms with van der Waals surface area (Å²) in [6, 6.07) is 17.5. The van der Waals surface area contributed by atoms with Gasteiger partial charge in [0.1, 0.15) is 17.6 Å². The van der Waals surface area contributed by atoms with Crippen molar-refractivity contribution in [2.45, 2.75) is 25.6 Å². The third-order valence-corrected chi connectivity index (χ3v) is 6.22. The number of rotatable bonds is 10. The van der Waals surface area contributed by atoms with E-state index in [4.69, 9.17) is 9.15 Å². The van der Waals surface area contributed by atoms with Crippen molar-refractivity contribution in [1.82, 2.24) is 15.2 Å². The largest absolute Gasteiger partial charge is 0.497 e. The lowest BCUT2D eigenvalue weighted by Crippen LogP contribution is -2.43. The Morgan fingerprint density at radius 3 is 2.53 bits per heavy atom. The number of hydrogen-bond donors (Lipinski definition) is 1. The smallest absolute Gasteiger partial charge is 0.247 e. The Morgan fingerprint density at radius 2 is 1.88 bits per heavy atom. The lowest BCUT2D eigenvalue weighted by Gasteiger charge is -2.30. The van der Waals surface area contributed by atoms with Crippen LogP contribution in [-0.2, 0) is 29.1 Å². The fourth-order valence-electron chi connectivity index (χ4n) is 3.61. The average Bonchev–Trinajstić information content (AvgIpc) is 3.58. The first-order chi connectivity index (χ1) is 16.6. The van der Waals surface area contributed by atoms with Crippen molar-refractivity contribution in [3.63, 3.8) is 0 Å². The van der Waals surface area contributed by atoms with Crippen LogP contribution in [0.25, 0.3) is 0 Å². The van der Waals surface area contributed by atoms with E-state index >= 15 is 0 Å². The molecule has 4 aromatic rings. The predicted molar refractivity (Wildman–Crippen MR) is 129 cm³/mol. The number of methoxy groups -OCH3 is 1. The Morgan fingerprint density at radius 1 is 1.09 bits per heavy atom. The number of aromatic nitrogens is 1. The van der Waals surface area contributed by atoms with E-state index in [9.17, 15) is 9.59 Å². The normalized spacial score (nSPS) is 11.6. The molecule has 0 bridgehead atoms. The molecule has 2 amide bonds. The van der Waals surface area contributed by atoms with Crippen LogP contribution < -0.4 is 10.1 Å². The number of carbonyl (C=O) groups is 2. The van der Waals surface area contributed by atoms with Crippen LogP contribution in [-0.4, -0.2) is 28.8 Å². The van der Waals surface area contributed by atoms with Crippen molar-refractivity contribution in [3.05, 3.63) is 106 Å². The molecule has 3 heterocycles. The first kappa shape index (κ1) is 23.3. The Labute approximate surface area is 202 Å². The van der Waals surface area contributed by atoms with Crippen LogP contribution in [0.2, 0.25) is 0 Å². The molecule has 0 aliphatic heterocycles. The highest BCUT2D eigenvalue weighted by Gasteiger charge is 2.32. The van der Waals surface area contributed by atoms with Gasteiger partial charge in [-0.3, -0.25) is 14.6 Å².